The minimum absolute atomic E-state index is 0.0466. The molecular weight excluding hydrogens is 260 g/mol. The molecule has 1 fully saturated rings. The zero-order valence-corrected chi connectivity index (χ0v) is 12.5. The van der Waals surface area contributed by atoms with Gasteiger partial charge in [-0.2, -0.15) is 0 Å². The molecule has 1 aliphatic heterocycles. The second-order valence-corrected chi connectivity index (χ2v) is 5.72. The van der Waals surface area contributed by atoms with Crippen molar-refractivity contribution in [1.29, 1.82) is 0 Å². The van der Waals surface area contributed by atoms with E-state index >= 15 is 0 Å². The van der Waals surface area contributed by atoms with E-state index in [9.17, 15) is 4.79 Å². The third kappa shape index (κ3) is 2.63. The van der Waals surface area contributed by atoms with Gasteiger partial charge < -0.3 is 4.90 Å². The van der Waals surface area contributed by atoms with Crippen molar-refractivity contribution >= 4 is 17.5 Å². The molecule has 1 N–H and O–H groups in total. The lowest BCUT2D eigenvalue weighted by atomic mass is 9.99. The number of nitrogens with one attached hydrogen (secondary N) is 1. The zero-order chi connectivity index (χ0) is 14.0. The van der Waals surface area contributed by atoms with Crippen LogP contribution in [0.15, 0.2) is 24.3 Å². The van der Waals surface area contributed by atoms with Crippen LogP contribution in [-0.4, -0.2) is 22.9 Å². The molecule has 1 aromatic rings. The van der Waals surface area contributed by atoms with Gasteiger partial charge >= 0.3 is 0 Å². The first-order valence-corrected chi connectivity index (χ1v) is 7.24. The maximum atomic E-state index is 12.5. The van der Waals surface area contributed by atoms with Gasteiger partial charge in [-0.3, -0.25) is 10.1 Å². The molecule has 104 valence electrons. The number of hydrogen-bond donors (Lipinski definition) is 1. The molecule has 2 rings (SSSR count). The van der Waals surface area contributed by atoms with Gasteiger partial charge in [0.1, 0.15) is 6.17 Å². The SMILES string of the molecule is CCCN1C(=O)C(C)(CC)NC1c1ccc(Cl)cc1. The van der Waals surface area contributed by atoms with Crippen molar-refractivity contribution < 1.29 is 4.79 Å². The minimum atomic E-state index is -0.459. The number of amides is 1. The third-order valence-corrected chi connectivity index (χ3v) is 4.11. The van der Waals surface area contributed by atoms with E-state index in [1.165, 1.54) is 0 Å². The Morgan fingerprint density at radius 1 is 1.32 bits per heavy atom. The predicted octanol–water partition coefficient (Wildman–Crippen LogP) is 3.35. The van der Waals surface area contributed by atoms with E-state index in [0.717, 1.165) is 24.9 Å². The second kappa shape index (κ2) is 5.51. The van der Waals surface area contributed by atoms with Crippen molar-refractivity contribution in [2.24, 2.45) is 0 Å². The average molecular weight is 281 g/mol. The summed E-state index contributed by atoms with van der Waals surface area (Å²) in [5.41, 5.74) is 0.628. The Kier molecular flexibility index (Phi) is 4.16. The number of hydrogen-bond acceptors (Lipinski definition) is 2. The Labute approximate surface area is 119 Å². The molecule has 19 heavy (non-hydrogen) atoms. The number of carbonyl (C=O) groups is 1. The van der Waals surface area contributed by atoms with E-state index in [0.29, 0.717) is 5.02 Å². The van der Waals surface area contributed by atoms with E-state index < -0.39 is 5.54 Å². The standard InChI is InChI=1S/C15H21ClN2O/c1-4-10-18-13(11-6-8-12(16)9-7-11)17-15(3,5-2)14(18)19/h6-9,13,17H,4-5,10H2,1-3H3. The zero-order valence-electron chi connectivity index (χ0n) is 11.7. The topological polar surface area (TPSA) is 32.3 Å². The third-order valence-electron chi connectivity index (χ3n) is 3.86. The fourth-order valence-electron chi connectivity index (χ4n) is 2.51. The summed E-state index contributed by atoms with van der Waals surface area (Å²) in [5, 5.41) is 4.19. The summed E-state index contributed by atoms with van der Waals surface area (Å²) in [7, 11) is 0. The number of carbonyl (C=O) groups excluding carboxylic acids is 1. The van der Waals surface area contributed by atoms with Gasteiger partial charge in [0.25, 0.3) is 0 Å². The summed E-state index contributed by atoms with van der Waals surface area (Å²) in [4.78, 5) is 14.5. The summed E-state index contributed by atoms with van der Waals surface area (Å²) in [6.07, 6.45) is 1.70. The van der Waals surface area contributed by atoms with Crippen LogP contribution in [0.4, 0.5) is 0 Å². The van der Waals surface area contributed by atoms with E-state index in [1.54, 1.807) is 0 Å². The highest BCUT2D eigenvalue weighted by Crippen LogP contribution is 2.33. The van der Waals surface area contributed by atoms with Crippen molar-refractivity contribution in [3.05, 3.63) is 34.9 Å². The van der Waals surface area contributed by atoms with E-state index in [2.05, 4.69) is 12.2 Å². The van der Waals surface area contributed by atoms with Gasteiger partial charge in [-0.15, -0.1) is 0 Å². The van der Waals surface area contributed by atoms with Crippen LogP contribution in [0.5, 0.6) is 0 Å². The molecule has 0 saturated carbocycles. The smallest absolute Gasteiger partial charge is 0.244 e. The second-order valence-electron chi connectivity index (χ2n) is 5.28. The highest BCUT2D eigenvalue weighted by Gasteiger charge is 2.46. The normalized spacial score (nSPS) is 27.1. The Hall–Kier alpha value is -1.06. The van der Waals surface area contributed by atoms with Crippen molar-refractivity contribution in [3.63, 3.8) is 0 Å². The Morgan fingerprint density at radius 2 is 1.95 bits per heavy atom. The molecule has 0 aromatic heterocycles. The van der Waals surface area contributed by atoms with Crippen LogP contribution >= 0.6 is 11.6 Å². The number of rotatable bonds is 4. The number of nitrogens with zero attached hydrogens (tertiary/aromatic N) is 1. The van der Waals surface area contributed by atoms with E-state index in [4.69, 9.17) is 11.6 Å². The van der Waals surface area contributed by atoms with Crippen molar-refractivity contribution in [2.75, 3.05) is 6.54 Å². The molecule has 0 bridgehead atoms. The molecule has 3 nitrogen and oxygen atoms in total. The predicted molar refractivity (Wildman–Crippen MR) is 78.0 cm³/mol. The van der Waals surface area contributed by atoms with Gasteiger partial charge in [-0.25, -0.2) is 0 Å². The Balaban J connectivity index is 2.32. The number of halogens is 1. The van der Waals surface area contributed by atoms with Gasteiger partial charge in [0.05, 0.1) is 5.54 Å². The quantitative estimate of drug-likeness (QED) is 0.917. The molecule has 2 atom stereocenters. The van der Waals surface area contributed by atoms with Crippen LogP contribution in [-0.2, 0) is 4.79 Å². The van der Waals surface area contributed by atoms with Crippen LogP contribution in [0.3, 0.4) is 0 Å². The Bertz CT molecular complexity index is 460. The highest BCUT2D eigenvalue weighted by molar-refractivity contribution is 6.30. The maximum absolute atomic E-state index is 12.5. The molecule has 1 aromatic carbocycles. The first kappa shape index (κ1) is 14.4. The lowest BCUT2D eigenvalue weighted by molar-refractivity contribution is -0.133. The largest absolute Gasteiger partial charge is 0.321 e. The first-order chi connectivity index (χ1) is 9.01. The highest BCUT2D eigenvalue weighted by atomic mass is 35.5. The van der Waals surface area contributed by atoms with Crippen molar-refractivity contribution in [1.82, 2.24) is 10.2 Å². The minimum Gasteiger partial charge on any atom is -0.321 e. The van der Waals surface area contributed by atoms with E-state index in [1.807, 2.05) is 43.0 Å². The maximum Gasteiger partial charge on any atom is 0.244 e. The first-order valence-electron chi connectivity index (χ1n) is 6.86. The summed E-state index contributed by atoms with van der Waals surface area (Å²) >= 11 is 5.93. The molecule has 4 heteroatoms. The molecule has 1 saturated heterocycles. The fourth-order valence-corrected chi connectivity index (χ4v) is 2.63. The summed E-state index contributed by atoms with van der Waals surface area (Å²) < 4.78 is 0. The monoisotopic (exact) mass is 280 g/mol. The van der Waals surface area contributed by atoms with Gasteiger partial charge in [0, 0.05) is 11.6 Å². The molecule has 0 radical (unpaired) electrons. The molecule has 0 spiro atoms. The summed E-state index contributed by atoms with van der Waals surface area (Å²) in [6, 6.07) is 7.71. The van der Waals surface area contributed by atoms with Gasteiger partial charge in [0.15, 0.2) is 0 Å². The van der Waals surface area contributed by atoms with E-state index in [-0.39, 0.29) is 12.1 Å². The van der Waals surface area contributed by atoms with Gasteiger partial charge in [-0.1, -0.05) is 37.6 Å². The molecule has 1 aliphatic rings. The molecule has 2 unspecified atom stereocenters. The number of benzene rings is 1. The van der Waals surface area contributed by atoms with Crippen LogP contribution in [0, 0.1) is 0 Å². The lowest BCUT2D eigenvalue weighted by Crippen LogP contribution is -2.43. The van der Waals surface area contributed by atoms with Gasteiger partial charge in [-0.05, 0) is 37.5 Å². The molecule has 0 aliphatic carbocycles. The van der Waals surface area contributed by atoms with Crippen LogP contribution in [0.2, 0.25) is 5.02 Å². The van der Waals surface area contributed by atoms with Crippen molar-refractivity contribution in [3.8, 4) is 0 Å². The summed E-state index contributed by atoms with van der Waals surface area (Å²) in [6.45, 7) is 6.88. The van der Waals surface area contributed by atoms with Crippen molar-refractivity contribution in [2.45, 2.75) is 45.3 Å². The molecular formula is C15H21ClN2O. The Morgan fingerprint density at radius 3 is 2.47 bits per heavy atom. The fraction of sp³-hybridized carbons (Fsp3) is 0.533. The molecule has 1 heterocycles. The van der Waals surface area contributed by atoms with Crippen LogP contribution < -0.4 is 5.32 Å². The van der Waals surface area contributed by atoms with Crippen LogP contribution in [0.1, 0.15) is 45.3 Å². The molecule has 1 amide bonds. The summed E-state index contributed by atoms with van der Waals surface area (Å²) in [5.74, 6) is 0.191. The van der Waals surface area contributed by atoms with Gasteiger partial charge in [0.2, 0.25) is 5.91 Å². The van der Waals surface area contributed by atoms with Crippen LogP contribution in [0.25, 0.3) is 0 Å². The average Bonchev–Trinajstić information content (AvgIpc) is 2.66. The lowest BCUT2D eigenvalue weighted by Gasteiger charge is -2.24.